The molecule has 3 nitrogen and oxygen atoms in total. The lowest BCUT2D eigenvalue weighted by atomic mass is 9.79. The smallest absolute Gasteiger partial charge is 0.423 e. The van der Waals surface area contributed by atoms with Crippen molar-refractivity contribution >= 4 is 12.6 Å². The van der Waals surface area contributed by atoms with Crippen LogP contribution in [0.4, 0.5) is 4.39 Å². The summed E-state index contributed by atoms with van der Waals surface area (Å²) in [6, 6.07) is 4.28. The van der Waals surface area contributed by atoms with E-state index in [9.17, 15) is 4.39 Å². The van der Waals surface area contributed by atoms with Crippen molar-refractivity contribution in [3.63, 3.8) is 0 Å². The molecule has 1 fully saturated rings. The molecule has 5 heteroatoms. The lowest BCUT2D eigenvalue weighted by molar-refractivity contribution is 0.228. The molecule has 1 saturated carbocycles. The summed E-state index contributed by atoms with van der Waals surface area (Å²) in [6.07, 6.45) is 6.56. The average molecular weight is 279 g/mol. The van der Waals surface area contributed by atoms with Gasteiger partial charge in [0.25, 0.3) is 0 Å². The molecule has 0 atom stereocenters. The third kappa shape index (κ3) is 4.58. The monoisotopic (exact) mass is 279 g/mol. The molecule has 0 bridgehead atoms. The van der Waals surface area contributed by atoms with E-state index in [0.29, 0.717) is 6.54 Å². The van der Waals surface area contributed by atoms with E-state index in [1.165, 1.54) is 38.2 Å². The lowest BCUT2D eigenvalue weighted by Crippen LogP contribution is -2.32. The summed E-state index contributed by atoms with van der Waals surface area (Å²) in [5.74, 6) is 0.321. The van der Waals surface area contributed by atoms with E-state index in [0.717, 1.165) is 24.1 Å². The van der Waals surface area contributed by atoms with Gasteiger partial charge in [0.2, 0.25) is 0 Å². The Labute approximate surface area is 120 Å². The molecule has 1 aliphatic carbocycles. The van der Waals surface area contributed by atoms with Crippen molar-refractivity contribution in [3.8, 4) is 0 Å². The Kier molecular flexibility index (Phi) is 5.58. The number of hydrogen-bond donors (Lipinski definition) is 2. The van der Waals surface area contributed by atoms with Crippen LogP contribution in [0.1, 0.15) is 37.7 Å². The van der Waals surface area contributed by atoms with Crippen LogP contribution in [0.3, 0.4) is 0 Å². The minimum Gasteiger partial charge on any atom is -0.423 e. The highest BCUT2D eigenvalue weighted by Crippen LogP contribution is 2.24. The van der Waals surface area contributed by atoms with E-state index < -0.39 is 12.9 Å². The molecule has 0 aliphatic heterocycles. The van der Waals surface area contributed by atoms with Crippen LogP contribution in [-0.4, -0.2) is 35.7 Å². The molecule has 1 aliphatic rings. The van der Waals surface area contributed by atoms with E-state index in [-0.39, 0.29) is 5.46 Å². The van der Waals surface area contributed by atoms with E-state index in [4.69, 9.17) is 10.0 Å². The SMILES string of the molecule is CN(Cc1cc(F)cc(B(O)O)c1)CC1CCCCC1. The van der Waals surface area contributed by atoms with Crippen molar-refractivity contribution in [1.82, 2.24) is 4.90 Å². The van der Waals surface area contributed by atoms with Gasteiger partial charge in [-0.25, -0.2) is 4.39 Å². The van der Waals surface area contributed by atoms with Crippen LogP contribution in [0.25, 0.3) is 0 Å². The van der Waals surface area contributed by atoms with Gasteiger partial charge in [-0.3, -0.25) is 0 Å². The van der Waals surface area contributed by atoms with E-state index in [1.54, 1.807) is 6.07 Å². The molecule has 110 valence electrons. The Hall–Kier alpha value is -0.905. The summed E-state index contributed by atoms with van der Waals surface area (Å²) in [7, 11) is 0.419. The highest BCUT2D eigenvalue weighted by atomic mass is 19.1. The van der Waals surface area contributed by atoms with Crippen LogP contribution in [0.5, 0.6) is 0 Å². The fourth-order valence-corrected chi connectivity index (χ4v) is 3.10. The molecule has 0 unspecified atom stereocenters. The molecule has 20 heavy (non-hydrogen) atoms. The lowest BCUT2D eigenvalue weighted by Gasteiger charge is -2.27. The van der Waals surface area contributed by atoms with Gasteiger partial charge in [0.1, 0.15) is 5.82 Å². The first kappa shape index (κ1) is 15.5. The van der Waals surface area contributed by atoms with Crippen LogP contribution in [0, 0.1) is 11.7 Å². The minimum atomic E-state index is -1.62. The zero-order chi connectivity index (χ0) is 14.5. The molecule has 1 aromatic carbocycles. The second kappa shape index (κ2) is 7.20. The Bertz CT molecular complexity index is 436. The van der Waals surface area contributed by atoms with Crippen LogP contribution >= 0.6 is 0 Å². The quantitative estimate of drug-likeness (QED) is 0.803. The number of hydrogen-bond acceptors (Lipinski definition) is 3. The normalized spacial score (nSPS) is 16.6. The largest absolute Gasteiger partial charge is 0.488 e. The molecule has 1 aromatic rings. The third-order valence-electron chi connectivity index (χ3n) is 4.03. The zero-order valence-corrected chi connectivity index (χ0v) is 12.1. The molecule has 2 N–H and O–H groups in total. The first-order chi connectivity index (χ1) is 9.54. The van der Waals surface area contributed by atoms with Crippen LogP contribution in [-0.2, 0) is 6.54 Å². The predicted octanol–water partition coefficient (Wildman–Crippen LogP) is 1.52. The Morgan fingerprint density at radius 3 is 2.55 bits per heavy atom. The van der Waals surface area contributed by atoms with Crippen molar-refractivity contribution in [2.24, 2.45) is 5.92 Å². The van der Waals surface area contributed by atoms with Crippen molar-refractivity contribution < 1.29 is 14.4 Å². The van der Waals surface area contributed by atoms with Gasteiger partial charge in [-0.2, -0.15) is 0 Å². The third-order valence-corrected chi connectivity index (χ3v) is 4.03. The van der Waals surface area contributed by atoms with Crippen LogP contribution in [0.2, 0.25) is 0 Å². The number of halogens is 1. The summed E-state index contributed by atoms with van der Waals surface area (Å²) in [6.45, 7) is 1.65. The maximum Gasteiger partial charge on any atom is 0.488 e. The Morgan fingerprint density at radius 2 is 1.90 bits per heavy atom. The topological polar surface area (TPSA) is 43.7 Å². The number of rotatable bonds is 5. The summed E-state index contributed by atoms with van der Waals surface area (Å²) in [4.78, 5) is 2.19. The van der Waals surface area contributed by atoms with Gasteiger partial charge in [-0.1, -0.05) is 25.3 Å². The molecule has 0 heterocycles. The Morgan fingerprint density at radius 1 is 1.20 bits per heavy atom. The molecule has 2 rings (SSSR count). The summed E-state index contributed by atoms with van der Waals surface area (Å²) in [5.41, 5.74) is 0.998. The molecule has 0 saturated heterocycles. The molecule has 0 amide bonds. The van der Waals surface area contributed by atoms with Gasteiger partial charge in [0.15, 0.2) is 0 Å². The van der Waals surface area contributed by atoms with E-state index in [1.807, 2.05) is 7.05 Å². The summed E-state index contributed by atoms with van der Waals surface area (Å²) in [5, 5.41) is 18.3. The second-order valence-corrected chi connectivity index (χ2v) is 5.97. The standard InChI is InChI=1S/C15H23BFNO2/c1-18(10-12-5-3-2-4-6-12)11-13-7-14(16(19)20)9-15(17)8-13/h7-9,12,19-20H,2-6,10-11H2,1H3. The fraction of sp³-hybridized carbons (Fsp3) is 0.600. The molecule has 0 radical (unpaired) electrons. The number of benzene rings is 1. The van der Waals surface area contributed by atoms with Crippen LogP contribution < -0.4 is 5.46 Å². The molecular weight excluding hydrogens is 256 g/mol. The van der Waals surface area contributed by atoms with Crippen molar-refractivity contribution in [3.05, 3.63) is 29.6 Å². The van der Waals surface area contributed by atoms with Gasteiger partial charge < -0.3 is 14.9 Å². The van der Waals surface area contributed by atoms with Crippen molar-refractivity contribution in [2.75, 3.05) is 13.6 Å². The molecular formula is C15H23BFNO2. The molecule has 0 aromatic heterocycles. The molecule has 0 spiro atoms. The van der Waals surface area contributed by atoms with Gasteiger partial charge in [-0.05, 0) is 49.0 Å². The van der Waals surface area contributed by atoms with Gasteiger partial charge >= 0.3 is 7.12 Å². The van der Waals surface area contributed by atoms with E-state index >= 15 is 0 Å². The highest BCUT2D eigenvalue weighted by Gasteiger charge is 2.17. The first-order valence-corrected chi connectivity index (χ1v) is 7.38. The first-order valence-electron chi connectivity index (χ1n) is 7.38. The number of nitrogens with zero attached hydrogens (tertiary/aromatic N) is 1. The highest BCUT2D eigenvalue weighted by molar-refractivity contribution is 6.58. The minimum absolute atomic E-state index is 0.214. The second-order valence-electron chi connectivity index (χ2n) is 5.97. The van der Waals surface area contributed by atoms with Gasteiger partial charge in [0, 0.05) is 13.1 Å². The summed E-state index contributed by atoms with van der Waals surface area (Å²) >= 11 is 0. The van der Waals surface area contributed by atoms with Crippen molar-refractivity contribution in [2.45, 2.75) is 38.6 Å². The van der Waals surface area contributed by atoms with Gasteiger partial charge in [-0.15, -0.1) is 0 Å². The maximum absolute atomic E-state index is 13.5. The average Bonchev–Trinajstić information content (AvgIpc) is 2.38. The van der Waals surface area contributed by atoms with Gasteiger partial charge in [0.05, 0.1) is 0 Å². The Balaban J connectivity index is 1.94. The summed E-state index contributed by atoms with van der Waals surface area (Å²) < 4.78 is 13.5. The predicted molar refractivity (Wildman–Crippen MR) is 79.1 cm³/mol. The van der Waals surface area contributed by atoms with Crippen molar-refractivity contribution in [1.29, 1.82) is 0 Å². The fourth-order valence-electron chi connectivity index (χ4n) is 3.10. The zero-order valence-electron chi connectivity index (χ0n) is 12.1. The van der Waals surface area contributed by atoms with E-state index in [2.05, 4.69) is 4.90 Å². The van der Waals surface area contributed by atoms with Crippen LogP contribution in [0.15, 0.2) is 18.2 Å². The maximum atomic E-state index is 13.5.